The van der Waals surface area contributed by atoms with Gasteiger partial charge < -0.3 is 14.4 Å². The molecule has 0 aliphatic carbocycles. The molecule has 0 saturated carbocycles. The molecule has 1 unspecified atom stereocenters. The lowest BCUT2D eigenvalue weighted by molar-refractivity contribution is 0.176. The molecule has 1 fully saturated rings. The SMILES string of the molecule is COCc1nsc(N2CCN(Cc3cccc(OC)n3)C(C)C2)n1. The monoisotopic (exact) mass is 349 g/mol. The van der Waals surface area contributed by atoms with Crippen molar-refractivity contribution in [3.63, 3.8) is 0 Å². The first-order valence-corrected chi connectivity index (χ1v) is 8.77. The molecule has 2 aromatic rings. The molecule has 0 amide bonds. The molecule has 1 aliphatic heterocycles. The second-order valence-electron chi connectivity index (χ2n) is 5.86. The zero-order chi connectivity index (χ0) is 16.9. The van der Waals surface area contributed by atoms with Crippen LogP contribution in [0.1, 0.15) is 18.4 Å². The average Bonchev–Trinajstić information content (AvgIpc) is 3.06. The first kappa shape index (κ1) is 17.1. The number of methoxy groups -OCH3 is 2. The summed E-state index contributed by atoms with van der Waals surface area (Å²) < 4.78 is 14.6. The molecule has 7 nitrogen and oxygen atoms in total. The molecular weight excluding hydrogens is 326 g/mol. The van der Waals surface area contributed by atoms with Crippen LogP contribution in [0.4, 0.5) is 5.13 Å². The lowest BCUT2D eigenvalue weighted by Crippen LogP contribution is -2.51. The van der Waals surface area contributed by atoms with E-state index in [0.717, 1.165) is 42.8 Å². The van der Waals surface area contributed by atoms with Crippen molar-refractivity contribution >= 4 is 16.7 Å². The summed E-state index contributed by atoms with van der Waals surface area (Å²) >= 11 is 1.45. The van der Waals surface area contributed by atoms with Crippen molar-refractivity contribution in [3.8, 4) is 5.88 Å². The number of aromatic nitrogens is 3. The predicted molar refractivity (Wildman–Crippen MR) is 93.5 cm³/mol. The van der Waals surface area contributed by atoms with Crippen LogP contribution in [0.15, 0.2) is 18.2 Å². The lowest BCUT2D eigenvalue weighted by atomic mass is 10.2. The maximum atomic E-state index is 5.21. The molecule has 0 N–H and O–H groups in total. The normalized spacial score (nSPS) is 18.8. The van der Waals surface area contributed by atoms with Crippen molar-refractivity contribution in [2.75, 3.05) is 38.8 Å². The van der Waals surface area contributed by atoms with E-state index >= 15 is 0 Å². The molecule has 0 aromatic carbocycles. The Balaban J connectivity index is 1.60. The van der Waals surface area contributed by atoms with E-state index < -0.39 is 0 Å². The summed E-state index contributed by atoms with van der Waals surface area (Å²) in [5.74, 6) is 1.42. The molecular formula is C16H23N5O2S. The quantitative estimate of drug-likeness (QED) is 0.788. The molecule has 2 aromatic heterocycles. The van der Waals surface area contributed by atoms with E-state index in [1.807, 2.05) is 18.2 Å². The maximum absolute atomic E-state index is 5.21. The zero-order valence-electron chi connectivity index (χ0n) is 14.3. The average molecular weight is 349 g/mol. The van der Waals surface area contributed by atoms with E-state index in [0.29, 0.717) is 18.5 Å². The molecule has 0 bridgehead atoms. The van der Waals surface area contributed by atoms with Gasteiger partial charge in [0.05, 0.1) is 12.8 Å². The van der Waals surface area contributed by atoms with Gasteiger partial charge in [-0.05, 0) is 13.0 Å². The van der Waals surface area contributed by atoms with Gasteiger partial charge in [-0.15, -0.1) is 0 Å². The first-order chi connectivity index (χ1) is 11.7. The summed E-state index contributed by atoms with van der Waals surface area (Å²) in [6.45, 7) is 6.38. The van der Waals surface area contributed by atoms with Gasteiger partial charge in [-0.3, -0.25) is 4.90 Å². The van der Waals surface area contributed by atoms with Crippen molar-refractivity contribution in [1.82, 2.24) is 19.2 Å². The minimum atomic E-state index is 0.418. The van der Waals surface area contributed by atoms with Crippen molar-refractivity contribution in [3.05, 3.63) is 29.7 Å². The van der Waals surface area contributed by atoms with Crippen LogP contribution in [-0.2, 0) is 17.9 Å². The van der Waals surface area contributed by atoms with Crippen molar-refractivity contribution in [2.45, 2.75) is 26.1 Å². The molecule has 24 heavy (non-hydrogen) atoms. The van der Waals surface area contributed by atoms with E-state index in [-0.39, 0.29) is 0 Å². The highest BCUT2D eigenvalue weighted by Gasteiger charge is 2.26. The molecule has 1 atom stereocenters. The van der Waals surface area contributed by atoms with Crippen LogP contribution < -0.4 is 9.64 Å². The Morgan fingerprint density at radius 1 is 1.25 bits per heavy atom. The lowest BCUT2D eigenvalue weighted by Gasteiger charge is -2.39. The highest BCUT2D eigenvalue weighted by molar-refractivity contribution is 7.09. The van der Waals surface area contributed by atoms with E-state index in [9.17, 15) is 0 Å². The number of piperazine rings is 1. The molecule has 1 aliphatic rings. The van der Waals surface area contributed by atoms with Gasteiger partial charge in [0.2, 0.25) is 11.0 Å². The van der Waals surface area contributed by atoms with Gasteiger partial charge in [0.25, 0.3) is 0 Å². The Kier molecular flexibility index (Phi) is 5.60. The van der Waals surface area contributed by atoms with Crippen LogP contribution >= 0.6 is 11.5 Å². The standard InChI is InChI=1S/C16H23N5O2S/c1-12-9-21(16-18-14(11-22-2)19-24-16)8-7-20(12)10-13-5-4-6-15(17-13)23-3/h4-6,12H,7-11H2,1-3H3. The summed E-state index contributed by atoms with van der Waals surface area (Å²) in [5.41, 5.74) is 1.04. The van der Waals surface area contributed by atoms with Gasteiger partial charge in [-0.2, -0.15) is 4.37 Å². The molecule has 8 heteroatoms. The number of ether oxygens (including phenoxy) is 2. The molecule has 1 saturated heterocycles. The minimum Gasteiger partial charge on any atom is -0.481 e. The third-order valence-electron chi connectivity index (χ3n) is 4.12. The van der Waals surface area contributed by atoms with Gasteiger partial charge in [0.15, 0.2) is 5.82 Å². The van der Waals surface area contributed by atoms with Crippen LogP contribution in [-0.4, -0.2) is 59.1 Å². The smallest absolute Gasteiger partial charge is 0.213 e. The van der Waals surface area contributed by atoms with Crippen molar-refractivity contribution < 1.29 is 9.47 Å². The number of rotatable bonds is 6. The number of hydrogen-bond donors (Lipinski definition) is 0. The summed E-state index contributed by atoms with van der Waals surface area (Å²) in [6, 6.07) is 6.32. The summed E-state index contributed by atoms with van der Waals surface area (Å²) in [5, 5.41) is 0.980. The number of pyridine rings is 1. The van der Waals surface area contributed by atoms with Crippen molar-refractivity contribution in [2.24, 2.45) is 0 Å². The van der Waals surface area contributed by atoms with Crippen LogP contribution in [0.25, 0.3) is 0 Å². The van der Waals surface area contributed by atoms with Crippen LogP contribution in [0.3, 0.4) is 0 Å². The molecule has 130 valence electrons. The Morgan fingerprint density at radius 2 is 2.12 bits per heavy atom. The second-order valence-corrected chi connectivity index (χ2v) is 6.59. The molecule has 3 heterocycles. The van der Waals surface area contributed by atoms with Crippen LogP contribution in [0, 0.1) is 0 Å². The third-order valence-corrected chi connectivity index (χ3v) is 4.94. The van der Waals surface area contributed by atoms with Crippen molar-refractivity contribution in [1.29, 1.82) is 0 Å². The Hall–Kier alpha value is -1.77. The molecule has 0 spiro atoms. The fourth-order valence-electron chi connectivity index (χ4n) is 2.83. The second kappa shape index (κ2) is 7.87. The van der Waals surface area contributed by atoms with Crippen LogP contribution in [0.2, 0.25) is 0 Å². The van der Waals surface area contributed by atoms with E-state index in [2.05, 4.69) is 31.1 Å². The molecule has 0 radical (unpaired) electrons. The summed E-state index contributed by atoms with van der Waals surface area (Å²) in [7, 11) is 3.31. The van der Waals surface area contributed by atoms with E-state index in [1.54, 1.807) is 14.2 Å². The highest BCUT2D eigenvalue weighted by atomic mass is 32.1. The molecule has 3 rings (SSSR count). The zero-order valence-corrected chi connectivity index (χ0v) is 15.1. The van der Waals surface area contributed by atoms with Gasteiger partial charge in [0, 0.05) is 56.9 Å². The summed E-state index contributed by atoms with van der Waals surface area (Å²) in [6.07, 6.45) is 0. The topological polar surface area (TPSA) is 63.6 Å². The van der Waals surface area contributed by atoms with Crippen LogP contribution in [0.5, 0.6) is 5.88 Å². The van der Waals surface area contributed by atoms with Gasteiger partial charge in [0.1, 0.15) is 6.61 Å². The van der Waals surface area contributed by atoms with E-state index in [4.69, 9.17) is 9.47 Å². The van der Waals surface area contributed by atoms with Gasteiger partial charge in [-0.25, -0.2) is 9.97 Å². The fraction of sp³-hybridized carbons (Fsp3) is 0.562. The number of anilines is 1. The first-order valence-electron chi connectivity index (χ1n) is 8.00. The van der Waals surface area contributed by atoms with Gasteiger partial charge in [-0.1, -0.05) is 6.07 Å². The Bertz CT molecular complexity index is 665. The third kappa shape index (κ3) is 4.00. The number of hydrogen-bond acceptors (Lipinski definition) is 8. The largest absolute Gasteiger partial charge is 0.481 e. The Labute approximate surface area is 146 Å². The van der Waals surface area contributed by atoms with Gasteiger partial charge >= 0.3 is 0 Å². The number of nitrogens with zero attached hydrogens (tertiary/aromatic N) is 5. The highest BCUT2D eigenvalue weighted by Crippen LogP contribution is 2.22. The fourth-order valence-corrected chi connectivity index (χ4v) is 3.54. The summed E-state index contributed by atoms with van der Waals surface area (Å²) in [4.78, 5) is 13.8. The van der Waals surface area contributed by atoms with E-state index in [1.165, 1.54) is 11.5 Å². The maximum Gasteiger partial charge on any atom is 0.213 e. The minimum absolute atomic E-state index is 0.418. The predicted octanol–water partition coefficient (Wildman–Crippen LogP) is 1.80. The Morgan fingerprint density at radius 3 is 2.88 bits per heavy atom.